The predicted octanol–water partition coefficient (Wildman–Crippen LogP) is 3.11. The van der Waals surface area contributed by atoms with Crippen LogP contribution in [0.15, 0.2) is 22.7 Å². The largest absolute Gasteiger partial charge is 0.484 e. The van der Waals surface area contributed by atoms with Crippen LogP contribution in [0.5, 0.6) is 5.75 Å². The van der Waals surface area contributed by atoms with E-state index in [4.69, 9.17) is 0 Å². The Morgan fingerprint density at radius 1 is 1.31 bits per heavy atom. The van der Waals surface area contributed by atoms with Gasteiger partial charge in [0.1, 0.15) is 5.75 Å². The van der Waals surface area contributed by atoms with E-state index in [0.717, 1.165) is 5.56 Å². The van der Waals surface area contributed by atoms with Gasteiger partial charge in [0.25, 0.3) is 0 Å². The summed E-state index contributed by atoms with van der Waals surface area (Å²) < 4.78 is 41.2. The lowest BCUT2D eigenvalue weighted by atomic mass is 10.2. The number of halogens is 4. The molecule has 6 heteroatoms. The van der Waals surface area contributed by atoms with E-state index in [2.05, 4.69) is 26.0 Å². The summed E-state index contributed by atoms with van der Waals surface area (Å²) in [5.41, 5.74) is 0.856. The molecule has 0 fully saturated rings. The van der Waals surface area contributed by atoms with Crippen molar-refractivity contribution in [2.75, 3.05) is 13.7 Å². The van der Waals surface area contributed by atoms with Crippen molar-refractivity contribution in [3.8, 4) is 5.75 Å². The summed E-state index contributed by atoms with van der Waals surface area (Å²) in [6.07, 6.45) is -4.31. The van der Waals surface area contributed by atoms with Crippen LogP contribution in [-0.2, 0) is 6.54 Å². The van der Waals surface area contributed by atoms with Gasteiger partial charge in [-0.3, -0.25) is 0 Å². The normalized spacial score (nSPS) is 11.6. The van der Waals surface area contributed by atoms with Crippen LogP contribution in [-0.4, -0.2) is 19.8 Å². The fraction of sp³-hybridized carbons (Fsp3) is 0.400. The molecule has 0 spiro atoms. The number of hydrogen-bond acceptors (Lipinski definition) is 2. The summed E-state index contributed by atoms with van der Waals surface area (Å²) in [7, 11) is 1.76. The zero-order chi connectivity index (χ0) is 12.2. The Kier molecular flexibility index (Phi) is 4.61. The average molecular weight is 298 g/mol. The molecule has 0 radical (unpaired) electrons. The van der Waals surface area contributed by atoms with E-state index in [-0.39, 0.29) is 5.75 Å². The molecule has 1 aromatic carbocycles. The molecular weight excluding hydrogens is 287 g/mol. The maximum atomic E-state index is 11.9. The Morgan fingerprint density at radius 3 is 2.56 bits per heavy atom. The number of benzene rings is 1. The molecule has 0 saturated heterocycles. The molecule has 0 heterocycles. The predicted molar refractivity (Wildman–Crippen MR) is 58.5 cm³/mol. The Hall–Kier alpha value is -0.750. The second kappa shape index (κ2) is 5.54. The minimum atomic E-state index is -4.31. The molecule has 0 saturated carbocycles. The van der Waals surface area contributed by atoms with E-state index in [1.54, 1.807) is 13.1 Å². The van der Waals surface area contributed by atoms with E-state index in [0.29, 0.717) is 11.0 Å². The molecule has 2 nitrogen and oxygen atoms in total. The van der Waals surface area contributed by atoms with E-state index < -0.39 is 12.8 Å². The van der Waals surface area contributed by atoms with E-state index in [1.165, 1.54) is 6.07 Å². The molecule has 1 N–H and O–H groups in total. The van der Waals surface area contributed by atoms with Gasteiger partial charge in [0, 0.05) is 11.0 Å². The topological polar surface area (TPSA) is 21.3 Å². The van der Waals surface area contributed by atoms with E-state index in [9.17, 15) is 13.2 Å². The van der Waals surface area contributed by atoms with Gasteiger partial charge in [0.2, 0.25) is 0 Å². The van der Waals surface area contributed by atoms with Crippen LogP contribution in [0.25, 0.3) is 0 Å². The standard InChI is InChI=1S/C10H11BrF3NO/c1-15-5-7-2-8(11)4-9(3-7)16-6-10(12,13)14/h2-4,15H,5-6H2,1H3. The first kappa shape index (κ1) is 13.3. The molecule has 0 atom stereocenters. The Morgan fingerprint density at radius 2 is 2.00 bits per heavy atom. The fourth-order valence-electron chi connectivity index (χ4n) is 1.18. The number of alkyl halides is 3. The van der Waals surface area contributed by atoms with Crippen LogP contribution in [0.1, 0.15) is 5.56 Å². The van der Waals surface area contributed by atoms with Gasteiger partial charge in [-0.05, 0) is 30.8 Å². The van der Waals surface area contributed by atoms with Crippen molar-refractivity contribution in [3.63, 3.8) is 0 Å². The van der Waals surface area contributed by atoms with Gasteiger partial charge >= 0.3 is 6.18 Å². The molecule has 0 aliphatic rings. The molecule has 0 unspecified atom stereocenters. The van der Waals surface area contributed by atoms with Crippen LogP contribution in [0.3, 0.4) is 0 Å². The van der Waals surface area contributed by atoms with Crippen molar-refractivity contribution in [1.29, 1.82) is 0 Å². The van der Waals surface area contributed by atoms with Gasteiger partial charge in [-0.25, -0.2) is 0 Å². The van der Waals surface area contributed by atoms with Crippen LogP contribution in [0.4, 0.5) is 13.2 Å². The molecule has 16 heavy (non-hydrogen) atoms. The highest BCUT2D eigenvalue weighted by atomic mass is 79.9. The molecule has 90 valence electrons. The van der Waals surface area contributed by atoms with Gasteiger partial charge in [0.15, 0.2) is 6.61 Å². The van der Waals surface area contributed by atoms with Gasteiger partial charge in [0.05, 0.1) is 0 Å². The second-order valence-corrected chi connectivity index (χ2v) is 4.15. The summed E-state index contributed by atoms with van der Waals surface area (Å²) in [6.45, 7) is -0.704. The average Bonchev–Trinajstić information content (AvgIpc) is 2.13. The summed E-state index contributed by atoms with van der Waals surface area (Å²) >= 11 is 3.21. The quantitative estimate of drug-likeness (QED) is 0.922. The van der Waals surface area contributed by atoms with Crippen LogP contribution < -0.4 is 10.1 Å². The van der Waals surface area contributed by atoms with Crippen LogP contribution in [0.2, 0.25) is 0 Å². The SMILES string of the molecule is CNCc1cc(Br)cc(OCC(F)(F)F)c1. The zero-order valence-corrected chi connectivity index (χ0v) is 10.2. The lowest BCUT2D eigenvalue weighted by Crippen LogP contribution is -2.19. The number of rotatable bonds is 4. The van der Waals surface area contributed by atoms with Crippen molar-refractivity contribution in [2.24, 2.45) is 0 Å². The first-order valence-electron chi connectivity index (χ1n) is 4.54. The molecular formula is C10H11BrF3NO. The highest BCUT2D eigenvalue weighted by Crippen LogP contribution is 2.23. The summed E-state index contributed by atoms with van der Waals surface area (Å²) in [5, 5.41) is 2.91. The Bertz CT molecular complexity index is 354. The third kappa shape index (κ3) is 4.85. The first-order valence-corrected chi connectivity index (χ1v) is 5.33. The van der Waals surface area contributed by atoms with Crippen molar-refractivity contribution in [3.05, 3.63) is 28.2 Å². The van der Waals surface area contributed by atoms with Gasteiger partial charge in [-0.1, -0.05) is 15.9 Å². The van der Waals surface area contributed by atoms with Crippen LogP contribution in [0, 0.1) is 0 Å². The summed E-state index contributed by atoms with van der Waals surface area (Å²) in [4.78, 5) is 0. The number of hydrogen-bond donors (Lipinski definition) is 1. The fourth-order valence-corrected chi connectivity index (χ4v) is 1.70. The van der Waals surface area contributed by atoms with E-state index in [1.807, 2.05) is 6.07 Å². The Labute approximate surface area is 99.9 Å². The van der Waals surface area contributed by atoms with Crippen molar-refractivity contribution in [1.82, 2.24) is 5.32 Å². The minimum Gasteiger partial charge on any atom is -0.484 e. The molecule has 0 aliphatic carbocycles. The molecule has 0 aliphatic heterocycles. The van der Waals surface area contributed by atoms with E-state index >= 15 is 0 Å². The van der Waals surface area contributed by atoms with Gasteiger partial charge in [-0.2, -0.15) is 13.2 Å². The maximum absolute atomic E-state index is 11.9. The molecule has 0 bridgehead atoms. The lowest BCUT2D eigenvalue weighted by Gasteiger charge is -2.11. The third-order valence-electron chi connectivity index (χ3n) is 1.71. The maximum Gasteiger partial charge on any atom is 0.422 e. The van der Waals surface area contributed by atoms with Crippen molar-refractivity contribution < 1.29 is 17.9 Å². The lowest BCUT2D eigenvalue weighted by molar-refractivity contribution is -0.153. The summed E-state index contributed by atoms with van der Waals surface area (Å²) in [6, 6.07) is 4.90. The molecule has 0 amide bonds. The van der Waals surface area contributed by atoms with Crippen molar-refractivity contribution >= 4 is 15.9 Å². The minimum absolute atomic E-state index is 0.206. The highest BCUT2D eigenvalue weighted by Gasteiger charge is 2.28. The molecule has 0 aromatic heterocycles. The van der Waals surface area contributed by atoms with Crippen molar-refractivity contribution in [2.45, 2.75) is 12.7 Å². The number of nitrogens with one attached hydrogen (secondary N) is 1. The zero-order valence-electron chi connectivity index (χ0n) is 8.57. The Balaban J connectivity index is 2.72. The van der Waals surface area contributed by atoms with Crippen LogP contribution >= 0.6 is 15.9 Å². The second-order valence-electron chi connectivity index (χ2n) is 3.23. The van der Waals surface area contributed by atoms with Gasteiger partial charge < -0.3 is 10.1 Å². The third-order valence-corrected chi connectivity index (χ3v) is 2.17. The highest BCUT2D eigenvalue weighted by molar-refractivity contribution is 9.10. The summed E-state index contributed by atoms with van der Waals surface area (Å²) in [5.74, 6) is 0.206. The monoisotopic (exact) mass is 297 g/mol. The molecule has 1 rings (SSSR count). The number of ether oxygens (including phenoxy) is 1. The smallest absolute Gasteiger partial charge is 0.422 e. The molecule has 1 aromatic rings. The van der Waals surface area contributed by atoms with Gasteiger partial charge in [-0.15, -0.1) is 0 Å². The first-order chi connectivity index (χ1) is 7.40.